The van der Waals surface area contributed by atoms with Crippen molar-refractivity contribution in [2.24, 2.45) is 0 Å². The second-order valence-corrected chi connectivity index (χ2v) is 8.04. The predicted molar refractivity (Wildman–Crippen MR) is 110 cm³/mol. The first-order valence-electron chi connectivity index (χ1n) is 10.2. The summed E-state index contributed by atoms with van der Waals surface area (Å²) in [6.07, 6.45) is 0.223. The number of methoxy groups -OCH3 is 2. The van der Waals surface area contributed by atoms with Gasteiger partial charge in [-0.2, -0.15) is 0 Å². The Labute approximate surface area is 180 Å². The second kappa shape index (κ2) is 8.80. The molecule has 2 aliphatic rings. The van der Waals surface area contributed by atoms with E-state index in [4.69, 9.17) is 14.2 Å². The van der Waals surface area contributed by atoms with Crippen LogP contribution in [0, 0.1) is 11.6 Å². The summed E-state index contributed by atoms with van der Waals surface area (Å²) in [5.41, 5.74) is -0.0254. The normalized spacial score (nSPS) is 24.1. The molecule has 1 amide bonds. The summed E-state index contributed by atoms with van der Waals surface area (Å²) >= 11 is 0. The summed E-state index contributed by atoms with van der Waals surface area (Å²) in [5.74, 6) is -0.675. The molecule has 31 heavy (non-hydrogen) atoms. The van der Waals surface area contributed by atoms with E-state index in [9.17, 15) is 13.6 Å². The highest BCUT2D eigenvalue weighted by Gasteiger charge is 2.51. The zero-order chi connectivity index (χ0) is 22.0. The van der Waals surface area contributed by atoms with Gasteiger partial charge < -0.3 is 19.5 Å². The highest BCUT2D eigenvalue weighted by molar-refractivity contribution is 5.77. The first-order chi connectivity index (χ1) is 15.0. The van der Waals surface area contributed by atoms with Gasteiger partial charge in [-0.15, -0.1) is 0 Å². The molecule has 0 radical (unpaired) electrons. The van der Waals surface area contributed by atoms with Crippen molar-refractivity contribution in [1.29, 1.82) is 0 Å². The maximum atomic E-state index is 14.7. The van der Waals surface area contributed by atoms with Gasteiger partial charge in [-0.3, -0.25) is 9.69 Å². The van der Waals surface area contributed by atoms with Crippen LogP contribution in [0.1, 0.15) is 23.5 Å². The predicted octanol–water partition coefficient (Wildman–Crippen LogP) is 2.86. The third-order valence-electron chi connectivity index (χ3n) is 6.07. The van der Waals surface area contributed by atoms with Crippen molar-refractivity contribution in [2.75, 3.05) is 40.5 Å². The van der Waals surface area contributed by atoms with Gasteiger partial charge in [0.1, 0.15) is 23.1 Å². The summed E-state index contributed by atoms with van der Waals surface area (Å²) in [6, 6.07) is 9.39. The van der Waals surface area contributed by atoms with Crippen LogP contribution in [0.2, 0.25) is 0 Å². The summed E-state index contributed by atoms with van der Waals surface area (Å²) in [6.45, 7) is 1.71. The van der Waals surface area contributed by atoms with Gasteiger partial charge in [-0.25, -0.2) is 8.78 Å². The van der Waals surface area contributed by atoms with Crippen LogP contribution in [0.5, 0.6) is 11.5 Å². The molecule has 0 aromatic heterocycles. The highest BCUT2D eigenvalue weighted by atomic mass is 19.1. The Balaban J connectivity index is 1.69. The SMILES string of the molecule is COc1ccc(CN2C[C@@H](c3c(F)cccc3F)[C@@]3(COCCC(=O)N3)C2)c(OC)c1. The first-order valence-corrected chi connectivity index (χ1v) is 10.2. The lowest BCUT2D eigenvalue weighted by Gasteiger charge is -2.34. The summed E-state index contributed by atoms with van der Waals surface area (Å²) in [4.78, 5) is 14.5. The topological polar surface area (TPSA) is 60.0 Å². The molecule has 4 rings (SSSR count). The molecule has 2 aliphatic heterocycles. The van der Waals surface area contributed by atoms with E-state index < -0.39 is 23.1 Å². The Morgan fingerprint density at radius 1 is 1.19 bits per heavy atom. The van der Waals surface area contributed by atoms with Gasteiger partial charge in [0.25, 0.3) is 0 Å². The minimum absolute atomic E-state index is 0.0162. The maximum absolute atomic E-state index is 14.7. The van der Waals surface area contributed by atoms with E-state index in [-0.39, 0.29) is 31.1 Å². The lowest BCUT2D eigenvalue weighted by Crippen LogP contribution is -2.55. The van der Waals surface area contributed by atoms with E-state index in [1.54, 1.807) is 20.3 Å². The van der Waals surface area contributed by atoms with Crippen molar-refractivity contribution in [2.45, 2.75) is 24.4 Å². The van der Waals surface area contributed by atoms with Gasteiger partial charge in [0.15, 0.2) is 0 Å². The van der Waals surface area contributed by atoms with Crippen LogP contribution in [0.3, 0.4) is 0 Å². The van der Waals surface area contributed by atoms with Crippen LogP contribution in [0.25, 0.3) is 0 Å². The number of nitrogens with one attached hydrogen (secondary N) is 1. The van der Waals surface area contributed by atoms with E-state index in [2.05, 4.69) is 10.2 Å². The van der Waals surface area contributed by atoms with Gasteiger partial charge >= 0.3 is 0 Å². The smallest absolute Gasteiger partial charge is 0.222 e. The third-order valence-corrected chi connectivity index (χ3v) is 6.07. The number of amides is 1. The second-order valence-electron chi connectivity index (χ2n) is 8.04. The fourth-order valence-corrected chi connectivity index (χ4v) is 4.63. The van der Waals surface area contributed by atoms with E-state index in [0.29, 0.717) is 31.1 Å². The minimum atomic E-state index is -0.920. The van der Waals surface area contributed by atoms with Crippen molar-refractivity contribution >= 4 is 5.91 Å². The summed E-state index contributed by atoms with van der Waals surface area (Å²) in [7, 11) is 3.17. The number of rotatable bonds is 5. The first kappa shape index (κ1) is 21.5. The van der Waals surface area contributed by atoms with Crippen LogP contribution in [-0.2, 0) is 16.1 Å². The molecule has 2 aromatic carbocycles. The third kappa shape index (κ3) is 4.22. The molecule has 2 saturated heterocycles. The number of carbonyl (C=O) groups is 1. The molecule has 1 spiro atoms. The average Bonchev–Trinajstić information content (AvgIpc) is 2.96. The van der Waals surface area contributed by atoms with Gasteiger partial charge in [-0.05, 0) is 18.2 Å². The zero-order valence-corrected chi connectivity index (χ0v) is 17.6. The Morgan fingerprint density at radius 2 is 1.97 bits per heavy atom. The molecule has 2 atom stereocenters. The summed E-state index contributed by atoms with van der Waals surface area (Å²) in [5, 5.41) is 3.03. The fourth-order valence-electron chi connectivity index (χ4n) is 4.63. The van der Waals surface area contributed by atoms with Gasteiger partial charge in [0, 0.05) is 49.2 Å². The molecule has 0 unspecified atom stereocenters. The molecule has 2 heterocycles. The number of carbonyl (C=O) groups excluding carboxylic acids is 1. The van der Waals surface area contributed by atoms with Crippen LogP contribution in [0.4, 0.5) is 8.78 Å². The average molecular weight is 432 g/mol. The standard InChI is InChI=1S/C23H26F2N2O4/c1-29-16-7-6-15(20(10-16)30-2)11-27-12-17(22-18(24)4-3-5-19(22)25)23(13-27)14-31-9-8-21(28)26-23/h3-7,10,17H,8-9,11-14H2,1-2H3,(H,26,28)/t17-,23-/m0/s1. The minimum Gasteiger partial charge on any atom is -0.497 e. The number of likely N-dealkylation sites (tertiary alicyclic amines) is 1. The van der Waals surface area contributed by atoms with E-state index in [0.717, 1.165) is 5.56 Å². The lowest BCUT2D eigenvalue weighted by atomic mass is 9.81. The van der Waals surface area contributed by atoms with Crippen molar-refractivity contribution in [1.82, 2.24) is 10.2 Å². The molecular formula is C23H26F2N2O4. The Bertz CT molecular complexity index is 950. The van der Waals surface area contributed by atoms with Gasteiger partial charge in [-0.1, -0.05) is 12.1 Å². The van der Waals surface area contributed by atoms with Crippen molar-refractivity contribution in [3.63, 3.8) is 0 Å². The van der Waals surface area contributed by atoms with E-state index in [1.807, 2.05) is 12.1 Å². The lowest BCUT2D eigenvalue weighted by molar-refractivity contribution is -0.122. The number of nitrogens with zero attached hydrogens (tertiary/aromatic N) is 1. The monoisotopic (exact) mass is 432 g/mol. The zero-order valence-electron chi connectivity index (χ0n) is 17.6. The van der Waals surface area contributed by atoms with Crippen molar-refractivity contribution in [3.05, 3.63) is 59.2 Å². The largest absolute Gasteiger partial charge is 0.497 e. The van der Waals surface area contributed by atoms with E-state index in [1.165, 1.54) is 18.2 Å². The van der Waals surface area contributed by atoms with Crippen LogP contribution >= 0.6 is 0 Å². The number of benzene rings is 2. The number of halogens is 2. The molecule has 0 saturated carbocycles. The fraction of sp³-hybridized carbons (Fsp3) is 0.435. The molecule has 6 nitrogen and oxygen atoms in total. The Kier molecular flexibility index (Phi) is 6.11. The summed E-state index contributed by atoms with van der Waals surface area (Å²) < 4.78 is 46.0. The van der Waals surface area contributed by atoms with Crippen molar-refractivity contribution < 1.29 is 27.8 Å². The Morgan fingerprint density at radius 3 is 2.68 bits per heavy atom. The quantitative estimate of drug-likeness (QED) is 0.788. The molecule has 2 aromatic rings. The van der Waals surface area contributed by atoms with Crippen molar-refractivity contribution in [3.8, 4) is 11.5 Å². The maximum Gasteiger partial charge on any atom is 0.222 e. The molecule has 0 bridgehead atoms. The van der Waals surface area contributed by atoms with Crippen LogP contribution in [-0.4, -0.2) is 56.9 Å². The Hall–Kier alpha value is -2.71. The highest BCUT2D eigenvalue weighted by Crippen LogP contribution is 2.41. The molecule has 2 fully saturated rings. The van der Waals surface area contributed by atoms with Gasteiger partial charge in [0.2, 0.25) is 5.91 Å². The number of hydrogen-bond donors (Lipinski definition) is 1. The number of hydrogen-bond acceptors (Lipinski definition) is 5. The van der Waals surface area contributed by atoms with Crippen LogP contribution in [0.15, 0.2) is 36.4 Å². The van der Waals surface area contributed by atoms with Gasteiger partial charge in [0.05, 0.1) is 33.0 Å². The molecule has 166 valence electrons. The van der Waals surface area contributed by atoms with Crippen LogP contribution < -0.4 is 14.8 Å². The number of ether oxygens (including phenoxy) is 3. The molecule has 1 N–H and O–H groups in total. The van der Waals surface area contributed by atoms with E-state index >= 15 is 0 Å². The molecular weight excluding hydrogens is 406 g/mol. The molecule has 8 heteroatoms. The molecule has 0 aliphatic carbocycles.